The van der Waals surface area contributed by atoms with Crippen LogP contribution in [0.1, 0.15) is 29.3 Å². The molecule has 1 aromatic heterocycles. The minimum atomic E-state index is -0.446. The summed E-state index contributed by atoms with van der Waals surface area (Å²) in [4.78, 5) is 39.1. The Hall–Kier alpha value is -1.63. The van der Waals surface area contributed by atoms with Crippen molar-refractivity contribution in [2.75, 3.05) is 20.2 Å². The molecular formula is C13H17BrN2O4. The predicted octanol–water partition coefficient (Wildman–Crippen LogP) is 1.47. The molecule has 1 heterocycles. The molecule has 0 aliphatic heterocycles. The zero-order chi connectivity index (χ0) is 15.3. The van der Waals surface area contributed by atoms with E-state index in [1.165, 1.54) is 11.1 Å². The van der Waals surface area contributed by atoms with Gasteiger partial charge in [0.25, 0.3) is 11.5 Å². The van der Waals surface area contributed by atoms with Gasteiger partial charge in [0.1, 0.15) is 5.56 Å². The first kappa shape index (κ1) is 16.4. The van der Waals surface area contributed by atoms with Crippen LogP contribution in [0.2, 0.25) is 0 Å². The van der Waals surface area contributed by atoms with Crippen molar-refractivity contribution in [3.63, 3.8) is 0 Å². The molecule has 0 saturated heterocycles. The molecule has 1 amide bonds. The van der Waals surface area contributed by atoms with Crippen LogP contribution < -0.4 is 5.56 Å². The Morgan fingerprint density at radius 2 is 2.10 bits per heavy atom. The lowest BCUT2D eigenvalue weighted by Crippen LogP contribution is -2.34. The van der Waals surface area contributed by atoms with Crippen molar-refractivity contribution < 1.29 is 14.3 Å². The number of aromatic nitrogens is 1. The number of nitrogens with zero attached hydrogens (tertiary/aromatic N) is 1. The fraction of sp³-hybridized carbons (Fsp3) is 0.462. The van der Waals surface area contributed by atoms with Crippen LogP contribution in [0, 0.1) is 6.92 Å². The first-order chi connectivity index (χ1) is 9.38. The van der Waals surface area contributed by atoms with Gasteiger partial charge >= 0.3 is 5.97 Å². The lowest BCUT2D eigenvalue weighted by atomic mass is 10.1. The molecule has 0 aliphatic carbocycles. The molecule has 0 spiro atoms. The minimum Gasteiger partial charge on any atom is -0.466 e. The third-order valence-corrected chi connectivity index (χ3v) is 3.63. The second kappa shape index (κ2) is 7.23. The van der Waals surface area contributed by atoms with Crippen molar-refractivity contribution in [3.8, 4) is 0 Å². The van der Waals surface area contributed by atoms with Crippen LogP contribution in [0.25, 0.3) is 0 Å². The van der Waals surface area contributed by atoms with Crippen molar-refractivity contribution in [1.29, 1.82) is 0 Å². The second-order valence-electron chi connectivity index (χ2n) is 4.25. The highest BCUT2D eigenvalue weighted by Gasteiger charge is 2.20. The highest BCUT2D eigenvalue weighted by molar-refractivity contribution is 9.10. The number of amides is 1. The van der Waals surface area contributed by atoms with Gasteiger partial charge < -0.3 is 14.6 Å². The van der Waals surface area contributed by atoms with E-state index in [9.17, 15) is 14.4 Å². The maximum Gasteiger partial charge on any atom is 0.307 e. The largest absolute Gasteiger partial charge is 0.466 e. The number of carbonyl (C=O) groups excluding carboxylic acids is 2. The van der Waals surface area contributed by atoms with Crippen LogP contribution >= 0.6 is 15.9 Å². The van der Waals surface area contributed by atoms with Crippen molar-refractivity contribution in [1.82, 2.24) is 9.88 Å². The number of aromatic amines is 1. The number of ether oxygens (including phenoxy) is 1. The molecule has 1 rings (SSSR count). The van der Waals surface area contributed by atoms with Gasteiger partial charge in [-0.1, -0.05) is 0 Å². The van der Waals surface area contributed by atoms with Gasteiger partial charge in [-0.2, -0.15) is 0 Å². The van der Waals surface area contributed by atoms with Gasteiger partial charge in [-0.05, 0) is 35.3 Å². The van der Waals surface area contributed by atoms with E-state index in [2.05, 4.69) is 20.9 Å². The summed E-state index contributed by atoms with van der Waals surface area (Å²) < 4.78 is 5.44. The fourth-order valence-corrected chi connectivity index (χ4v) is 1.95. The number of rotatable bonds is 5. The van der Waals surface area contributed by atoms with E-state index in [1.54, 1.807) is 20.9 Å². The van der Waals surface area contributed by atoms with Gasteiger partial charge in [0.15, 0.2) is 0 Å². The molecule has 0 radical (unpaired) electrons. The SMILES string of the molecule is CCOC(=O)CCN(C)C(=O)c1c(C)c(Br)c[nH]c1=O. The molecule has 1 aromatic rings. The summed E-state index contributed by atoms with van der Waals surface area (Å²) >= 11 is 3.27. The number of esters is 1. The normalized spacial score (nSPS) is 10.2. The average molecular weight is 345 g/mol. The van der Waals surface area contributed by atoms with Gasteiger partial charge in [0, 0.05) is 24.3 Å². The molecule has 110 valence electrons. The highest BCUT2D eigenvalue weighted by Crippen LogP contribution is 2.16. The van der Waals surface area contributed by atoms with Crippen molar-refractivity contribution in [3.05, 3.63) is 32.2 Å². The fourth-order valence-electron chi connectivity index (χ4n) is 1.64. The van der Waals surface area contributed by atoms with Crippen LogP contribution in [0.15, 0.2) is 15.5 Å². The Balaban J connectivity index is 2.83. The zero-order valence-electron chi connectivity index (χ0n) is 11.7. The molecule has 20 heavy (non-hydrogen) atoms. The van der Waals surface area contributed by atoms with Crippen molar-refractivity contribution in [2.45, 2.75) is 20.3 Å². The van der Waals surface area contributed by atoms with E-state index in [-0.39, 0.29) is 24.5 Å². The Labute approximate surface area is 125 Å². The van der Waals surface area contributed by atoms with Crippen LogP contribution in [0.4, 0.5) is 0 Å². The Morgan fingerprint density at radius 3 is 2.70 bits per heavy atom. The summed E-state index contributed by atoms with van der Waals surface area (Å²) in [5.41, 5.74) is 0.200. The molecule has 0 saturated carbocycles. The smallest absolute Gasteiger partial charge is 0.307 e. The zero-order valence-corrected chi connectivity index (χ0v) is 13.2. The maximum absolute atomic E-state index is 12.2. The lowest BCUT2D eigenvalue weighted by Gasteiger charge is -2.17. The number of hydrogen-bond acceptors (Lipinski definition) is 4. The van der Waals surface area contributed by atoms with Crippen LogP contribution in [-0.2, 0) is 9.53 Å². The van der Waals surface area contributed by atoms with Crippen LogP contribution in [0.3, 0.4) is 0 Å². The van der Waals surface area contributed by atoms with E-state index in [4.69, 9.17) is 4.74 Å². The average Bonchev–Trinajstić information content (AvgIpc) is 2.41. The summed E-state index contributed by atoms with van der Waals surface area (Å²) in [7, 11) is 1.54. The number of halogens is 1. The van der Waals surface area contributed by atoms with Gasteiger partial charge in [-0.25, -0.2) is 0 Å². The standard InChI is InChI=1S/C13H17BrN2O4/c1-4-20-10(17)5-6-16(3)13(19)11-8(2)9(14)7-15-12(11)18/h7H,4-6H2,1-3H3,(H,15,18). The summed E-state index contributed by atoms with van der Waals surface area (Å²) in [5, 5.41) is 0. The number of H-pyrrole nitrogens is 1. The molecule has 6 nitrogen and oxygen atoms in total. The number of carbonyl (C=O) groups is 2. The van der Waals surface area contributed by atoms with E-state index in [0.717, 1.165) is 0 Å². The molecule has 0 bridgehead atoms. The third-order valence-electron chi connectivity index (χ3n) is 2.81. The third kappa shape index (κ3) is 3.93. The molecule has 7 heteroatoms. The Kier molecular flexibility index (Phi) is 5.94. The summed E-state index contributed by atoms with van der Waals surface area (Å²) in [6.45, 7) is 3.91. The molecule has 0 aliphatic rings. The Morgan fingerprint density at radius 1 is 1.45 bits per heavy atom. The molecule has 0 unspecified atom stereocenters. The summed E-state index contributed by atoms with van der Waals surface area (Å²) in [6, 6.07) is 0. The molecular weight excluding hydrogens is 328 g/mol. The predicted molar refractivity (Wildman–Crippen MR) is 77.7 cm³/mol. The summed E-state index contributed by atoms with van der Waals surface area (Å²) in [5.74, 6) is -0.790. The molecule has 1 N–H and O–H groups in total. The van der Waals surface area contributed by atoms with Crippen molar-refractivity contribution >= 4 is 27.8 Å². The molecule has 0 atom stereocenters. The van der Waals surface area contributed by atoms with Crippen LogP contribution in [0.5, 0.6) is 0 Å². The van der Waals surface area contributed by atoms with Gasteiger partial charge in [0.05, 0.1) is 13.0 Å². The Bertz CT molecular complexity index is 568. The number of hydrogen-bond donors (Lipinski definition) is 1. The van der Waals surface area contributed by atoms with Gasteiger partial charge in [-0.3, -0.25) is 14.4 Å². The van der Waals surface area contributed by atoms with E-state index in [0.29, 0.717) is 16.6 Å². The molecule has 0 fully saturated rings. The van der Waals surface area contributed by atoms with Crippen molar-refractivity contribution in [2.24, 2.45) is 0 Å². The maximum atomic E-state index is 12.2. The minimum absolute atomic E-state index is 0.0748. The quantitative estimate of drug-likeness (QED) is 0.820. The second-order valence-corrected chi connectivity index (χ2v) is 5.10. The van der Waals surface area contributed by atoms with E-state index < -0.39 is 11.5 Å². The monoisotopic (exact) mass is 344 g/mol. The van der Waals surface area contributed by atoms with E-state index in [1.807, 2.05) is 0 Å². The number of nitrogens with one attached hydrogen (secondary N) is 1. The van der Waals surface area contributed by atoms with E-state index >= 15 is 0 Å². The number of pyridine rings is 1. The first-order valence-corrected chi connectivity index (χ1v) is 6.96. The lowest BCUT2D eigenvalue weighted by molar-refractivity contribution is -0.143. The first-order valence-electron chi connectivity index (χ1n) is 6.17. The topological polar surface area (TPSA) is 79.5 Å². The summed E-state index contributed by atoms with van der Waals surface area (Å²) in [6.07, 6.45) is 1.59. The highest BCUT2D eigenvalue weighted by atomic mass is 79.9. The van der Waals surface area contributed by atoms with Crippen LogP contribution in [-0.4, -0.2) is 42.0 Å². The molecule has 0 aromatic carbocycles. The van der Waals surface area contributed by atoms with Gasteiger partial charge in [0.2, 0.25) is 0 Å². The van der Waals surface area contributed by atoms with Gasteiger partial charge in [-0.15, -0.1) is 0 Å².